The van der Waals surface area contributed by atoms with Gasteiger partial charge in [0.25, 0.3) is 10.0 Å². The first-order chi connectivity index (χ1) is 13.5. The SMILES string of the molecule is O=C(Cc1ccc(S(=O)(=O)N2CCCC2)s1)Nc1ccc(-n2cnnn2)cc1. The van der Waals surface area contributed by atoms with E-state index in [1.54, 1.807) is 36.4 Å². The Hall–Kier alpha value is -2.63. The summed E-state index contributed by atoms with van der Waals surface area (Å²) in [5, 5.41) is 13.8. The van der Waals surface area contributed by atoms with Crippen molar-refractivity contribution in [1.82, 2.24) is 24.5 Å². The van der Waals surface area contributed by atoms with Gasteiger partial charge in [-0.2, -0.15) is 4.31 Å². The number of carbonyl (C=O) groups is 1. The van der Waals surface area contributed by atoms with Crippen LogP contribution >= 0.6 is 11.3 Å². The third-order valence-electron chi connectivity index (χ3n) is 4.40. The van der Waals surface area contributed by atoms with Crippen molar-refractivity contribution in [2.45, 2.75) is 23.5 Å². The van der Waals surface area contributed by atoms with Crippen molar-refractivity contribution in [3.05, 3.63) is 47.6 Å². The van der Waals surface area contributed by atoms with Crippen molar-refractivity contribution < 1.29 is 13.2 Å². The molecule has 11 heteroatoms. The Kier molecular flexibility index (Phi) is 5.20. The van der Waals surface area contributed by atoms with Gasteiger partial charge in [0.15, 0.2) is 0 Å². The van der Waals surface area contributed by atoms with Crippen LogP contribution in [0.25, 0.3) is 5.69 Å². The van der Waals surface area contributed by atoms with Crippen LogP contribution in [0.2, 0.25) is 0 Å². The highest BCUT2D eigenvalue weighted by molar-refractivity contribution is 7.91. The van der Waals surface area contributed by atoms with Crippen LogP contribution in [0, 0.1) is 0 Å². The Morgan fingerprint density at radius 3 is 2.54 bits per heavy atom. The minimum absolute atomic E-state index is 0.120. The van der Waals surface area contributed by atoms with Crippen molar-refractivity contribution >= 4 is 33.0 Å². The van der Waals surface area contributed by atoms with E-state index in [2.05, 4.69) is 20.8 Å². The van der Waals surface area contributed by atoms with Crippen LogP contribution in [-0.4, -0.2) is 51.9 Å². The molecule has 146 valence electrons. The number of tetrazole rings is 1. The average Bonchev–Trinajstić information content (AvgIpc) is 3.44. The maximum atomic E-state index is 12.6. The smallest absolute Gasteiger partial charge is 0.252 e. The number of sulfonamides is 1. The summed E-state index contributed by atoms with van der Waals surface area (Å²) in [5.74, 6) is -0.206. The van der Waals surface area contributed by atoms with Gasteiger partial charge in [-0.1, -0.05) is 0 Å². The van der Waals surface area contributed by atoms with Crippen molar-refractivity contribution in [2.75, 3.05) is 18.4 Å². The van der Waals surface area contributed by atoms with Crippen molar-refractivity contribution in [1.29, 1.82) is 0 Å². The van der Waals surface area contributed by atoms with Crippen LogP contribution in [0.15, 0.2) is 46.9 Å². The van der Waals surface area contributed by atoms with Crippen molar-refractivity contribution in [3.63, 3.8) is 0 Å². The highest BCUT2D eigenvalue weighted by atomic mass is 32.2. The zero-order valence-electron chi connectivity index (χ0n) is 14.9. The highest BCUT2D eigenvalue weighted by Gasteiger charge is 2.28. The van der Waals surface area contributed by atoms with Crippen LogP contribution < -0.4 is 5.32 Å². The largest absolute Gasteiger partial charge is 0.326 e. The van der Waals surface area contributed by atoms with E-state index in [0.717, 1.165) is 29.9 Å². The number of nitrogens with one attached hydrogen (secondary N) is 1. The molecule has 0 saturated carbocycles. The van der Waals surface area contributed by atoms with Crippen LogP contribution in [0.1, 0.15) is 17.7 Å². The topological polar surface area (TPSA) is 110 Å². The molecule has 0 spiro atoms. The molecular weight excluding hydrogens is 400 g/mol. The molecule has 1 fully saturated rings. The highest BCUT2D eigenvalue weighted by Crippen LogP contribution is 2.27. The Labute approximate surface area is 166 Å². The van der Waals surface area contributed by atoms with Crippen molar-refractivity contribution in [2.24, 2.45) is 0 Å². The zero-order valence-corrected chi connectivity index (χ0v) is 16.5. The summed E-state index contributed by atoms with van der Waals surface area (Å²) >= 11 is 1.15. The number of hydrogen-bond acceptors (Lipinski definition) is 7. The average molecular weight is 419 g/mol. The summed E-state index contributed by atoms with van der Waals surface area (Å²) in [4.78, 5) is 13.0. The summed E-state index contributed by atoms with van der Waals surface area (Å²) in [7, 11) is -3.44. The number of amides is 1. The lowest BCUT2D eigenvalue weighted by atomic mass is 10.2. The molecule has 28 heavy (non-hydrogen) atoms. The molecule has 0 radical (unpaired) electrons. The lowest BCUT2D eigenvalue weighted by Crippen LogP contribution is -2.27. The predicted octanol–water partition coefficient (Wildman–Crippen LogP) is 1.69. The van der Waals surface area contributed by atoms with Gasteiger partial charge >= 0.3 is 0 Å². The van der Waals surface area contributed by atoms with Crippen LogP contribution in [0.3, 0.4) is 0 Å². The van der Waals surface area contributed by atoms with E-state index in [1.165, 1.54) is 15.3 Å². The third-order valence-corrected chi connectivity index (χ3v) is 7.85. The van der Waals surface area contributed by atoms with E-state index < -0.39 is 10.0 Å². The molecule has 0 unspecified atom stereocenters. The number of aromatic nitrogens is 4. The van der Waals surface area contributed by atoms with Crippen LogP contribution in [-0.2, 0) is 21.2 Å². The van der Waals surface area contributed by atoms with Gasteiger partial charge in [0.05, 0.1) is 12.1 Å². The van der Waals surface area contributed by atoms with Crippen LogP contribution in [0.4, 0.5) is 5.69 Å². The van der Waals surface area contributed by atoms with Crippen molar-refractivity contribution in [3.8, 4) is 5.69 Å². The molecule has 2 aromatic heterocycles. The minimum atomic E-state index is -3.44. The van der Waals surface area contributed by atoms with Gasteiger partial charge in [-0.3, -0.25) is 4.79 Å². The number of thiophene rings is 1. The molecule has 1 aliphatic rings. The first kappa shape index (κ1) is 18.7. The molecule has 0 atom stereocenters. The van der Waals surface area contributed by atoms with Gasteiger partial charge in [0.2, 0.25) is 5.91 Å². The van der Waals surface area contributed by atoms with Gasteiger partial charge in [-0.05, 0) is 59.7 Å². The second-order valence-electron chi connectivity index (χ2n) is 6.36. The fraction of sp³-hybridized carbons (Fsp3) is 0.294. The predicted molar refractivity (Wildman–Crippen MR) is 104 cm³/mol. The van der Waals surface area contributed by atoms with E-state index in [4.69, 9.17) is 0 Å². The summed E-state index contributed by atoms with van der Waals surface area (Å²) < 4.78 is 28.5. The summed E-state index contributed by atoms with van der Waals surface area (Å²) in [6.45, 7) is 1.13. The number of rotatable bonds is 6. The molecule has 1 aromatic carbocycles. The second kappa shape index (κ2) is 7.78. The monoisotopic (exact) mass is 418 g/mol. The first-order valence-corrected chi connectivity index (χ1v) is 11.0. The quantitative estimate of drug-likeness (QED) is 0.652. The Morgan fingerprint density at radius 1 is 1.11 bits per heavy atom. The summed E-state index contributed by atoms with van der Waals surface area (Å²) in [5.41, 5.74) is 1.42. The summed E-state index contributed by atoms with van der Waals surface area (Å²) in [6, 6.07) is 10.4. The lowest BCUT2D eigenvalue weighted by Gasteiger charge is -2.13. The standard InChI is InChI=1S/C17H18N6O3S2/c24-16(19-13-3-5-14(6-4-13)23-12-18-20-21-23)11-15-7-8-17(27-15)28(25,26)22-9-1-2-10-22/h3-8,12H,1-2,9-11H2,(H,19,24). The van der Waals surface area contributed by atoms with Gasteiger partial charge in [0, 0.05) is 23.7 Å². The van der Waals surface area contributed by atoms with Gasteiger partial charge in [-0.15, -0.1) is 16.4 Å². The molecule has 9 nitrogen and oxygen atoms in total. The molecular formula is C17H18N6O3S2. The fourth-order valence-electron chi connectivity index (χ4n) is 2.99. The lowest BCUT2D eigenvalue weighted by molar-refractivity contribution is -0.115. The maximum Gasteiger partial charge on any atom is 0.252 e. The molecule has 1 aliphatic heterocycles. The molecule has 3 aromatic rings. The van der Waals surface area contributed by atoms with E-state index in [0.29, 0.717) is 27.9 Å². The Balaban J connectivity index is 1.38. The van der Waals surface area contributed by atoms with E-state index in [-0.39, 0.29) is 12.3 Å². The van der Waals surface area contributed by atoms with Gasteiger partial charge in [-0.25, -0.2) is 13.1 Å². The molecule has 1 saturated heterocycles. The second-order valence-corrected chi connectivity index (χ2v) is 9.69. The number of hydrogen-bond donors (Lipinski definition) is 1. The fourth-order valence-corrected chi connectivity index (χ4v) is 6.01. The van der Waals surface area contributed by atoms with Crippen LogP contribution in [0.5, 0.6) is 0 Å². The number of anilines is 1. The summed E-state index contributed by atoms with van der Waals surface area (Å²) in [6.07, 6.45) is 3.39. The molecule has 3 heterocycles. The normalized spacial score (nSPS) is 15.0. The number of benzene rings is 1. The number of carbonyl (C=O) groups excluding carboxylic acids is 1. The Morgan fingerprint density at radius 2 is 1.86 bits per heavy atom. The molecule has 0 aliphatic carbocycles. The molecule has 0 bridgehead atoms. The molecule has 1 N–H and O–H groups in total. The van der Waals surface area contributed by atoms with Gasteiger partial charge in [0.1, 0.15) is 10.5 Å². The first-order valence-electron chi connectivity index (χ1n) is 8.74. The molecule has 1 amide bonds. The maximum absolute atomic E-state index is 12.6. The van der Waals surface area contributed by atoms with E-state index in [9.17, 15) is 13.2 Å². The van der Waals surface area contributed by atoms with E-state index in [1.807, 2.05) is 0 Å². The minimum Gasteiger partial charge on any atom is -0.326 e. The zero-order chi connectivity index (χ0) is 19.6. The third kappa shape index (κ3) is 3.96. The Bertz CT molecular complexity index is 1050. The van der Waals surface area contributed by atoms with E-state index >= 15 is 0 Å². The van der Waals surface area contributed by atoms with Gasteiger partial charge < -0.3 is 5.32 Å². The number of nitrogens with zero attached hydrogens (tertiary/aromatic N) is 5. The molecule has 4 rings (SSSR count).